The second-order valence-corrected chi connectivity index (χ2v) is 4.96. The van der Waals surface area contributed by atoms with Crippen LogP contribution < -0.4 is 10.5 Å². The van der Waals surface area contributed by atoms with E-state index in [0.29, 0.717) is 0 Å². The average Bonchev–Trinajstić information content (AvgIpc) is 2.74. The second kappa shape index (κ2) is 4.93. The SMILES string of the molecule is COc1ccc(Cc2c(N)n(C)c3ccccc23)cc1. The van der Waals surface area contributed by atoms with E-state index >= 15 is 0 Å². The molecular weight excluding hydrogens is 248 g/mol. The third-order valence-electron chi connectivity index (χ3n) is 3.80. The molecule has 0 atom stereocenters. The molecule has 0 aliphatic carbocycles. The number of nitrogens with two attached hydrogens (primary N) is 1. The highest BCUT2D eigenvalue weighted by Crippen LogP contribution is 2.29. The van der Waals surface area contributed by atoms with Crippen molar-refractivity contribution in [2.75, 3.05) is 12.8 Å². The van der Waals surface area contributed by atoms with Crippen molar-refractivity contribution in [1.82, 2.24) is 4.57 Å². The lowest BCUT2D eigenvalue weighted by Gasteiger charge is -2.05. The van der Waals surface area contributed by atoms with Gasteiger partial charge in [0, 0.05) is 29.9 Å². The number of hydrogen-bond donors (Lipinski definition) is 1. The molecule has 1 heterocycles. The minimum absolute atomic E-state index is 0.831. The molecule has 0 aliphatic rings. The summed E-state index contributed by atoms with van der Waals surface area (Å²) in [5, 5.41) is 1.23. The molecule has 0 radical (unpaired) electrons. The maximum absolute atomic E-state index is 6.26. The fraction of sp³-hybridized carbons (Fsp3) is 0.176. The highest BCUT2D eigenvalue weighted by molar-refractivity contribution is 5.89. The summed E-state index contributed by atoms with van der Waals surface area (Å²) >= 11 is 0. The highest BCUT2D eigenvalue weighted by Gasteiger charge is 2.12. The van der Waals surface area contributed by atoms with E-state index in [4.69, 9.17) is 10.5 Å². The molecule has 102 valence electrons. The van der Waals surface area contributed by atoms with Crippen molar-refractivity contribution >= 4 is 16.7 Å². The number of para-hydroxylation sites is 1. The molecular formula is C17H18N2O. The Bertz CT molecular complexity index is 742. The van der Waals surface area contributed by atoms with Gasteiger partial charge < -0.3 is 15.0 Å². The topological polar surface area (TPSA) is 40.2 Å². The molecule has 20 heavy (non-hydrogen) atoms. The first-order valence-corrected chi connectivity index (χ1v) is 6.65. The van der Waals surface area contributed by atoms with Gasteiger partial charge in [-0.15, -0.1) is 0 Å². The summed E-state index contributed by atoms with van der Waals surface area (Å²) in [6.07, 6.45) is 0.831. The first-order chi connectivity index (χ1) is 9.70. The summed E-state index contributed by atoms with van der Waals surface area (Å²) in [6, 6.07) is 16.5. The summed E-state index contributed by atoms with van der Waals surface area (Å²) in [7, 11) is 3.69. The Morgan fingerprint density at radius 2 is 1.75 bits per heavy atom. The molecule has 2 aromatic carbocycles. The van der Waals surface area contributed by atoms with Gasteiger partial charge in [0.25, 0.3) is 0 Å². The number of methoxy groups -OCH3 is 1. The van der Waals surface area contributed by atoms with Crippen LogP contribution in [0.2, 0.25) is 0 Å². The van der Waals surface area contributed by atoms with Crippen molar-refractivity contribution in [1.29, 1.82) is 0 Å². The molecule has 0 aliphatic heterocycles. The van der Waals surface area contributed by atoms with E-state index in [0.717, 1.165) is 18.0 Å². The van der Waals surface area contributed by atoms with Gasteiger partial charge in [-0.1, -0.05) is 30.3 Å². The van der Waals surface area contributed by atoms with Crippen LogP contribution in [0.5, 0.6) is 5.75 Å². The lowest BCUT2D eigenvalue weighted by Crippen LogP contribution is -1.99. The van der Waals surface area contributed by atoms with Crippen molar-refractivity contribution in [2.45, 2.75) is 6.42 Å². The van der Waals surface area contributed by atoms with Gasteiger partial charge in [-0.3, -0.25) is 0 Å². The molecule has 3 nitrogen and oxygen atoms in total. The summed E-state index contributed by atoms with van der Waals surface area (Å²) in [4.78, 5) is 0. The van der Waals surface area contributed by atoms with Crippen LogP contribution in [0.3, 0.4) is 0 Å². The Morgan fingerprint density at radius 1 is 1.05 bits per heavy atom. The van der Waals surface area contributed by atoms with Crippen LogP contribution in [0.1, 0.15) is 11.1 Å². The lowest BCUT2D eigenvalue weighted by molar-refractivity contribution is 0.414. The molecule has 2 N–H and O–H groups in total. The monoisotopic (exact) mass is 266 g/mol. The number of rotatable bonds is 3. The van der Waals surface area contributed by atoms with E-state index in [1.54, 1.807) is 7.11 Å². The summed E-state index contributed by atoms with van der Waals surface area (Å²) in [5.41, 5.74) is 9.85. The molecule has 1 aromatic heterocycles. The number of hydrogen-bond acceptors (Lipinski definition) is 2. The van der Waals surface area contributed by atoms with Crippen LogP contribution in [0.25, 0.3) is 10.9 Å². The van der Waals surface area contributed by atoms with E-state index < -0.39 is 0 Å². The van der Waals surface area contributed by atoms with Crippen LogP contribution >= 0.6 is 0 Å². The van der Waals surface area contributed by atoms with E-state index in [-0.39, 0.29) is 0 Å². The van der Waals surface area contributed by atoms with Gasteiger partial charge in [0.1, 0.15) is 11.6 Å². The number of nitrogens with zero attached hydrogens (tertiary/aromatic N) is 1. The van der Waals surface area contributed by atoms with Crippen molar-refractivity contribution in [2.24, 2.45) is 7.05 Å². The van der Waals surface area contributed by atoms with E-state index in [1.165, 1.54) is 22.0 Å². The van der Waals surface area contributed by atoms with E-state index in [2.05, 4.69) is 30.3 Å². The van der Waals surface area contributed by atoms with Gasteiger partial charge in [-0.25, -0.2) is 0 Å². The molecule has 0 saturated heterocycles. The lowest BCUT2D eigenvalue weighted by atomic mass is 10.0. The van der Waals surface area contributed by atoms with Crippen molar-refractivity contribution in [3.8, 4) is 5.75 Å². The maximum Gasteiger partial charge on any atom is 0.118 e. The van der Waals surface area contributed by atoms with Gasteiger partial charge in [0.15, 0.2) is 0 Å². The quantitative estimate of drug-likeness (QED) is 0.789. The average molecular weight is 266 g/mol. The van der Waals surface area contributed by atoms with Gasteiger partial charge >= 0.3 is 0 Å². The Balaban J connectivity index is 2.03. The van der Waals surface area contributed by atoms with Crippen LogP contribution in [0.15, 0.2) is 48.5 Å². The summed E-state index contributed by atoms with van der Waals surface area (Å²) in [5.74, 6) is 1.71. The standard InChI is InChI=1S/C17H18N2O/c1-19-16-6-4-3-5-14(16)15(17(19)18)11-12-7-9-13(20-2)10-8-12/h3-10H,11,18H2,1-2H3. The summed E-state index contributed by atoms with van der Waals surface area (Å²) < 4.78 is 7.24. The molecule has 0 unspecified atom stereocenters. The first-order valence-electron chi connectivity index (χ1n) is 6.65. The minimum atomic E-state index is 0.831. The normalized spacial score (nSPS) is 10.9. The van der Waals surface area contributed by atoms with Crippen LogP contribution in [-0.2, 0) is 13.5 Å². The zero-order valence-corrected chi connectivity index (χ0v) is 11.8. The third-order valence-corrected chi connectivity index (χ3v) is 3.80. The molecule has 3 heteroatoms. The van der Waals surface area contributed by atoms with Crippen molar-refractivity contribution in [3.63, 3.8) is 0 Å². The largest absolute Gasteiger partial charge is 0.497 e. The third kappa shape index (κ3) is 2.01. The molecule has 3 rings (SSSR count). The molecule has 0 amide bonds. The van der Waals surface area contributed by atoms with E-state index in [1.807, 2.05) is 29.8 Å². The van der Waals surface area contributed by atoms with Crippen LogP contribution in [-0.4, -0.2) is 11.7 Å². The molecule has 0 saturated carbocycles. The first kappa shape index (κ1) is 12.6. The number of ether oxygens (including phenoxy) is 1. The van der Waals surface area contributed by atoms with Gasteiger partial charge in [0.05, 0.1) is 7.11 Å². The number of nitrogen functional groups attached to an aromatic ring is 1. The minimum Gasteiger partial charge on any atom is -0.497 e. The smallest absolute Gasteiger partial charge is 0.118 e. The Hall–Kier alpha value is -2.42. The zero-order valence-electron chi connectivity index (χ0n) is 11.8. The Kier molecular flexibility index (Phi) is 3.11. The predicted molar refractivity (Wildman–Crippen MR) is 83.1 cm³/mol. The number of aryl methyl sites for hydroxylation is 1. The van der Waals surface area contributed by atoms with Crippen molar-refractivity contribution in [3.05, 3.63) is 59.7 Å². The van der Waals surface area contributed by atoms with E-state index in [9.17, 15) is 0 Å². The Labute approximate surface area is 118 Å². The fourth-order valence-corrected chi connectivity index (χ4v) is 2.62. The summed E-state index contributed by atoms with van der Waals surface area (Å²) in [6.45, 7) is 0. The zero-order chi connectivity index (χ0) is 14.1. The molecule has 0 fully saturated rings. The number of aromatic nitrogens is 1. The number of benzene rings is 2. The second-order valence-electron chi connectivity index (χ2n) is 4.96. The highest BCUT2D eigenvalue weighted by atomic mass is 16.5. The molecule has 3 aromatic rings. The fourth-order valence-electron chi connectivity index (χ4n) is 2.62. The number of anilines is 1. The van der Waals surface area contributed by atoms with Gasteiger partial charge in [-0.05, 0) is 23.8 Å². The Morgan fingerprint density at radius 3 is 2.45 bits per heavy atom. The van der Waals surface area contributed by atoms with Gasteiger partial charge in [0.2, 0.25) is 0 Å². The molecule has 0 bridgehead atoms. The predicted octanol–water partition coefficient (Wildman–Crippen LogP) is 3.36. The van der Waals surface area contributed by atoms with Gasteiger partial charge in [-0.2, -0.15) is 0 Å². The number of fused-ring (bicyclic) bond motifs is 1. The molecule has 0 spiro atoms. The van der Waals surface area contributed by atoms with Crippen molar-refractivity contribution < 1.29 is 4.74 Å². The maximum atomic E-state index is 6.26. The van der Waals surface area contributed by atoms with Crippen LogP contribution in [0.4, 0.5) is 5.82 Å². The van der Waals surface area contributed by atoms with Crippen LogP contribution in [0, 0.1) is 0 Å².